The Morgan fingerprint density at radius 1 is 1.24 bits per heavy atom. The minimum Gasteiger partial charge on any atom is -0.481 e. The highest BCUT2D eigenvalue weighted by atomic mass is 19.1. The van der Waals surface area contributed by atoms with Crippen LogP contribution in [0.2, 0.25) is 0 Å². The van der Waals surface area contributed by atoms with E-state index in [4.69, 9.17) is 5.11 Å². The number of hydrogen-bond acceptors (Lipinski definition) is 6. The first-order valence-corrected chi connectivity index (χ1v) is 9.24. The van der Waals surface area contributed by atoms with Gasteiger partial charge in [0.15, 0.2) is 5.82 Å². The number of aliphatic hydroxyl groups is 1. The molecule has 0 aliphatic carbocycles. The molecule has 2 fully saturated rings. The Balaban J connectivity index is 1.57. The van der Waals surface area contributed by atoms with Crippen LogP contribution in [0.1, 0.15) is 25.7 Å². The van der Waals surface area contributed by atoms with Gasteiger partial charge in [0.2, 0.25) is 5.91 Å². The van der Waals surface area contributed by atoms with Crippen LogP contribution >= 0.6 is 0 Å². The molecule has 2 aromatic rings. The highest BCUT2D eigenvalue weighted by molar-refractivity contribution is 6.09. The number of rotatable bonds is 4. The van der Waals surface area contributed by atoms with Crippen molar-refractivity contribution >= 4 is 40.3 Å². The summed E-state index contributed by atoms with van der Waals surface area (Å²) in [6, 6.07) is 2.26. The number of halogens is 1. The number of amides is 3. The molecule has 3 amide bonds. The average molecular weight is 405 g/mol. The molecular formula is C18H20FN5O5. The number of aliphatic carboxylic acids is 1. The standard InChI is InChI=1S/C18H20FN5O5/c19-11-7-10-12(21-22-16(10)24-4-1-14(25)20-17(24)28)8-13(11)23-5-2-18(29,3-6-23)9-15(26)27/h7-8,29H,1-6,9H2,(H,21,22)(H,26,27)(H,20,25,28). The lowest BCUT2D eigenvalue weighted by Crippen LogP contribution is -2.49. The Hall–Kier alpha value is -3.21. The summed E-state index contributed by atoms with van der Waals surface area (Å²) in [5.41, 5.74) is -0.459. The van der Waals surface area contributed by atoms with Crippen LogP contribution in [0, 0.1) is 5.82 Å². The summed E-state index contributed by atoms with van der Waals surface area (Å²) in [5.74, 6) is -1.71. The van der Waals surface area contributed by atoms with E-state index in [1.54, 1.807) is 11.0 Å². The van der Waals surface area contributed by atoms with Crippen molar-refractivity contribution in [2.75, 3.05) is 29.4 Å². The van der Waals surface area contributed by atoms with Gasteiger partial charge in [0.1, 0.15) is 5.82 Å². The molecule has 11 heteroatoms. The van der Waals surface area contributed by atoms with Crippen molar-refractivity contribution in [3.8, 4) is 0 Å². The van der Waals surface area contributed by atoms with Gasteiger partial charge in [-0.2, -0.15) is 5.10 Å². The van der Waals surface area contributed by atoms with Gasteiger partial charge < -0.3 is 15.1 Å². The monoisotopic (exact) mass is 405 g/mol. The molecule has 0 radical (unpaired) electrons. The van der Waals surface area contributed by atoms with Crippen LogP contribution in [-0.4, -0.2) is 63.6 Å². The molecule has 1 aromatic heterocycles. The molecule has 4 rings (SSSR count). The van der Waals surface area contributed by atoms with Gasteiger partial charge in [-0.25, -0.2) is 9.18 Å². The van der Waals surface area contributed by atoms with Crippen molar-refractivity contribution in [3.63, 3.8) is 0 Å². The van der Waals surface area contributed by atoms with E-state index in [1.165, 1.54) is 11.0 Å². The van der Waals surface area contributed by atoms with E-state index >= 15 is 0 Å². The van der Waals surface area contributed by atoms with Crippen molar-refractivity contribution in [2.45, 2.75) is 31.3 Å². The number of imide groups is 1. The predicted octanol–water partition coefficient (Wildman–Crippen LogP) is 0.954. The van der Waals surface area contributed by atoms with Gasteiger partial charge in [-0.3, -0.25) is 24.9 Å². The highest BCUT2D eigenvalue weighted by Crippen LogP contribution is 2.34. The average Bonchev–Trinajstić information content (AvgIpc) is 3.03. The molecule has 0 unspecified atom stereocenters. The Kier molecular flexibility index (Phi) is 4.61. The van der Waals surface area contributed by atoms with E-state index in [0.29, 0.717) is 29.7 Å². The fourth-order valence-electron chi connectivity index (χ4n) is 3.85. The van der Waals surface area contributed by atoms with Gasteiger partial charge in [-0.1, -0.05) is 0 Å². The van der Waals surface area contributed by atoms with Crippen molar-refractivity contribution in [2.24, 2.45) is 0 Å². The van der Waals surface area contributed by atoms with Gasteiger partial charge in [-0.15, -0.1) is 0 Å². The molecule has 29 heavy (non-hydrogen) atoms. The molecule has 2 aliphatic heterocycles. The van der Waals surface area contributed by atoms with E-state index < -0.39 is 23.4 Å². The minimum absolute atomic E-state index is 0.133. The maximum atomic E-state index is 14.9. The topological polar surface area (TPSA) is 139 Å². The van der Waals surface area contributed by atoms with E-state index in [-0.39, 0.29) is 44.0 Å². The number of benzene rings is 1. The second kappa shape index (κ2) is 6.99. The maximum Gasteiger partial charge on any atom is 0.329 e. The summed E-state index contributed by atoms with van der Waals surface area (Å²) < 4.78 is 14.9. The molecule has 154 valence electrons. The minimum atomic E-state index is -1.29. The number of carboxylic acids is 1. The summed E-state index contributed by atoms with van der Waals surface area (Å²) in [6.45, 7) is 0.774. The van der Waals surface area contributed by atoms with Gasteiger partial charge in [-0.05, 0) is 25.0 Å². The third-order valence-corrected chi connectivity index (χ3v) is 5.43. The quantitative estimate of drug-likeness (QED) is 0.594. The number of hydrogen-bond donors (Lipinski definition) is 4. The third kappa shape index (κ3) is 3.60. The summed E-state index contributed by atoms with van der Waals surface area (Å²) in [4.78, 5) is 37.3. The number of aromatic nitrogens is 2. The Bertz CT molecular complexity index is 998. The van der Waals surface area contributed by atoms with Gasteiger partial charge in [0.05, 0.1) is 23.2 Å². The number of H-pyrrole nitrogens is 1. The molecule has 4 N–H and O–H groups in total. The number of carboxylic acid groups (broad SMARTS) is 1. The number of piperidine rings is 1. The van der Waals surface area contributed by atoms with Crippen molar-refractivity contribution in [1.29, 1.82) is 0 Å². The molecular weight excluding hydrogens is 385 g/mol. The molecule has 0 atom stereocenters. The van der Waals surface area contributed by atoms with Crippen molar-refractivity contribution in [1.82, 2.24) is 15.5 Å². The van der Waals surface area contributed by atoms with E-state index in [0.717, 1.165) is 0 Å². The van der Waals surface area contributed by atoms with Gasteiger partial charge in [0.25, 0.3) is 0 Å². The van der Waals surface area contributed by atoms with Crippen LogP contribution in [0.4, 0.5) is 20.7 Å². The zero-order chi connectivity index (χ0) is 20.8. The number of nitrogens with one attached hydrogen (secondary N) is 2. The first-order valence-electron chi connectivity index (χ1n) is 9.24. The molecule has 0 bridgehead atoms. The lowest BCUT2D eigenvalue weighted by molar-refractivity contribution is -0.143. The summed E-state index contributed by atoms with van der Waals surface area (Å²) in [5, 5.41) is 28.8. The van der Waals surface area contributed by atoms with Crippen molar-refractivity contribution in [3.05, 3.63) is 17.9 Å². The summed E-state index contributed by atoms with van der Waals surface area (Å²) >= 11 is 0. The number of carbonyl (C=O) groups excluding carboxylic acids is 2. The van der Waals surface area contributed by atoms with E-state index in [1.807, 2.05) is 0 Å². The largest absolute Gasteiger partial charge is 0.481 e. The summed E-state index contributed by atoms with van der Waals surface area (Å²) in [7, 11) is 0. The number of fused-ring (bicyclic) bond motifs is 1. The summed E-state index contributed by atoms with van der Waals surface area (Å²) in [6.07, 6.45) is 0.223. The Morgan fingerprint density at radius 3 is 2.62 bits per heavy atom. The molecule has 1 aromatic carbocycles. The normalized spacial score (nSPS) is 19.5. The van der Waals surface area contributed by atoms with Crippen LogP contribution in [0.25, 0.3) is 10.9 Å². The molecule has 2 aliphatic rings. The zero-order valence-corrected chi connectivity index (χ0v) is 15.4. The van der Waals surface area contributed by atoms with Gasteiger partial charge in [0, 0.05) is 31.4 Å². The second-order valence-electron chi connectivity index (χ2n) is 7.43. The van der Waals surface area contributed by atoms with Crippen LogP contribution in [0.3, 0.4) is 0 Å². The lowest BCUT2D eigenvalue weighted by Gasteiger charge is -2.38. The highest BCUT2D eigenvalue weighted by Gasteiger charge is 2.35. The number of anilines is 2. The Morgan fingerprint density at radius 2 is 1.97 bits per heavy atom. The van der Waals surface area contributed by atoms with Crippen LogP contribution in [-0.2, 0) is 9.59 Å². The van der Waals surface area contributed by atoms with Crippen LogP contribution < -0.4 is 15.1 Å². The first-order chi connectivity index (χ1) is 13.8. The fourth-order valence-corrected chi connectivity index (χ4v) is 3.85. The first kappa shape index (κ1) is 19.1. The lowest BCUT2D eigenvalue weighted by atomic mass is 9.88. The van der Waals surface area contributed by atoms with Crippen LogP contribution in [0.5, 0.6) is 0 Å². The molecule has 10 nitrogen and oxygen atoms in total. The number of urea groups is 1. The predicted molar refractivity (Wildman–Crippen MR) is 100 cm³/mol. The van der Waals surface area contributed by atoms with E-state index in [9.17, 15) is 23.9 Å². The number of nitrogens with zero attached hydrogens (tertiary/aromatic N) is 3. The SMILES string of the molecule is O=C(O)CC1(O)CCN(c2cc3[nH]nc(N4CCC(=O)NC4=O)c3cc2F)CC1. The molecule has 2 saturated heterocycles. The van der Waals surface area contributed by atoms with Gasteiger partial charge >= 0.3 is 12.0 Å². The van der Waals surface area contributed by atoms with E-state index in [2.05, 4.69) is 15.5 Å². The zero-order valence-electron chi connectivity index (χ0n) is 15.4. The third-order valence-electron chi connectivity index (χ3n) is 5.43. The van der Waals surface area contributed by atoms with Crippen molar-refractivity contribution < 1.29 is 29.0 Å². The maximum absolute atomic E-state index is 14.9. The Labute approximate surface area is 164 Å². The fraction of sp³-hybridized carbons (Fsp3) is 0.444. The second-order valence-corrected chi connectivity index (χ2v) is 7.43. The number of carbonyl (C=O) groups is 3. The van der Waals surface area contributed by atoms with Crippen LogP contribution in [0.15, 0.2) is 12.1 Å². The smallest absolute Gasteiger partial charge is 0.329 e. The number of aromatic amines is 1. The molecule has 3 heterocycles. The molecule has 0 spiro atoms. The molecule has 0 saturated carbocycles.